The van der Waals surface area contributed by atoms with Crippen LogP contribution in [-0.4, -0.2) is 46.6 Å². The second-order valence-electron chi connectivity index (χ2n) is 8.72. The van der Waals surface area contributed by atoms with Crippen LogP contribution in [0.25, 0.3) is 0 Å². The number of nitrogens with zero attached hydrogens (tertiary/aromatic N) is 3. The first-order chi connectivity index (χ1) is 17.7. The highest BCUT2D eigenvalue weighted by Crippen LogP contribution is 2.29. The molecule has 3 aromatic rings. The first kappa shape index (κ1) is 27.9. The molecule has 2 N–H and O–H groups in total. The Morgan fingerprint density at radius 2 is 1.76 bits per heavy atom. The third kappa shape index (κ3) is 7.88. The minimum Gasteiger partial charge on any atom is -0.497 e. The van der Waals surface area contributed by atoms with E-state index in [9.17, 15) is 9.59 Å². The van der Waals surface area contributed by atoms with Crippen LogP contribution in [-0.2, 0) is 16.1 Å². The summed E-state index contributed by atoms with van der Waals surface area (Å²) in [6.45, 7) is 8.21. The molecule has 0 saturated carbocycles. The van der Waals surface area contributed by atoms with Gasteiger partial charge in [0.2, 0.25) is 11.8 Å². The third-order valence-electron chi connectivity index (χ3n) is 5.14. The Morgan fingerprint density at radius 1 is 1.00 bits per heavy atom. The van der Waals surface area contributed by atoms with E-state index in [2.05, 4.69) is 34.7 Å². The maximum absolute atomic E-state index is 12.7. The van der Waals surface area contributed by atoms with E-state index < -0.39 is 0 Å². The second-order valence-corrected chi connectivity index (χ2v) is 9.66. The molecule has 1 atom stereocenters. The zero-order chi connectivity index (χ0) is 26.9. The highest BCUT2D eigenvalue weighted by Gasteiger charge is 2.21. The molecule has 0 spiro atoms. The number of thioether (sulfide) groups is 1. The summed E-state index contributed by atoms with van der Waals surface area (Å²) in [5.74, 6) is 2.56. The monoisotopic (exact) mass is 527 g/mol. The Hall–Kier alpha value is -3.73. The summed E-state index contributed by atoms with van der Waals surface area (Å²) < 4.78 is 18.6. The molecule has 0 aliphatic rings. The zero-order valence-electron chi connectivity index (χ0n) is 21.9. The fourth-order valence-electron chi connectivity index (χ4n) is 3.58. The van der Waals surface area contributed by atoms with E-state index in [1.54, 1.807) is 25.3 Å². The first-order valence-corrected chi connectivity index (χ1v) is 12.8. The third-order valence-corrected chi connectivity index (χ3v) is 6.10. The van der Waals surface area contributed by atoms with E-state index in [4.69, 9.17) is 14.2 Å². The van der Waals surface area contributed by atoms with Gasteiger partial charge in [0.05, 0.1) is 25.7 Å². The van der Waals surface area contributed by atoms with E-state index in [0.717, 1.165) is 0 Å². The van der Waals surface area contributed by atoms with Crippen LogP contribution in [0.15, 0.2) is 47.6 Å². The number of hydrogen-bond acceptors (Lipinski definition) is 8. The van der Waals surface area contributed by atoms with Crippen LogP contribution in [0.5, 0.6) is 17.2 Å². The molecule has 1 unspecified atom stereocenters. The van der Waals surface area contributed by atoms with Crippen LogP contribution in [0.4, 0.5) is 11.4 Å². The minimum absolute atomic E-state index is 0.128. The molecule has 0 aliphatic carbocycles. The number of carbonyl (C=O) groups excluding carboxylic acids is 2. The standard InChI is InChI=1S/C26H33N5O5S/c1-16(2)14-31-25(17(3)36-21-9-7-8-20(13-21)34-5)29-30-26(31)37-15-24(33)28-19-10-11-23(35-6)22(12-19)27-18(4)32/h7-13,16-17H,14-15H2,1-6H3,(H,27,32)(H,28,33). The number of amides is 2. The number of carbonyl (C=O) groups is 2. The summed E-state index contributed by atoms with van der Waals surface area (Å²) in [7, 11) is 3.12. The number of benzene rings is 2. The van der Waals surface area contributed by atoms with Gasteiger partial charge >= 0.3 is 0 Å². The van der Waals surface area contributed by atoms with E-state index in [1.807, 2.05) is 35.8 Å². The van der Waals surface area contributed by atoms with Gasteiger partial charge in [0, 0.05) is 25.2 Å². The SMILES string of the molecule is COc1cccc(OC(C)c2nnc(SCC(=O)Nc3ccc(OC)c(NC(C)=O)c3)n2CC(C)C)c1. The smallest absolute Gasteiger partial charge is 0.234 e. The molecule has 198 valence electrons. The average molecular weight is 528 g/mol. The highest BCUT2D eigenvalue weighted by molar-refractivity contribution is 7.99. The van der Waals surface area contributed by atoms with E-state index in [-0.39, 0.29) is 23.7 Å². The van der Waals surface area contributed by atoms with Crippen molar-refractivity contribution >= 4 is 35.0 Å². The number of ether oxygens (including phenoxy) is 3. The predicted octanol–water partition coefficient (Wildman–Crippen LogP) is 4.78. The predicted molar refractivity (Wildman–Crippen MR) is 144 cm³/mol. The Labute approximate surface area is 221 Å². The van der Waals surface area contributed by atoms with Crippen LogP contribution < -0.4 is 24.8 Å². The molecule has 37 heavy (non-hydrogen) atoms. The lowest BCUT2D eigenvalue weighted by Crippen LogP contribution is -2.17. The molecule has 3 rings (SSSR count). The van der Waals surface area contributed by atoms with Gasteiger partial charge in [-0.3, -0.25) is 9.59 Å². The normalized spacial score (nSPS) is 11.6. The Morgan fingerprint density at radius 3 is 2.43 bits per heavy atom. The summed E-state index contributed by atoms with van der Waals surface area (Å²) in [5, 5.41) is 14.9. The fraction of sp³-hybridized carbons (Fsp3) is 0.385. The van der Waals surface area contributed by atoms with Gasteiger partial charge < -0.3 is 29.4 Å². The number of aromatic nitrogens is 3. The Kier molecular flexibility index (Phi) is 9.78. The van der Waals surface area contributed by atoms with E-state index in [0.29, 0.717) is 52.1 Å². The molecule has 10 nitrogen and oxygen atoms in total. The summed E-state index contributed by atoms with van der Waals surface area (Å²) in [5.41, 5.74) is 1.02. The molecular weight excluding hydrogens is 494 g/mol. The molecule has 11 heteroatoms. The molecule has 0 aliphatic heterocycles. The number of nitrogens with one attached hydrogen (secondary N) is 2. The van der Waals surface area contributed by atoms with Crippen molar-refractivity contribution in [3.8, 4) is 17.2 Å². The summed E-state index contributed by atoms with van der Waals surface area (Å²) in [4.78, 5) is 24.2. The van der Waals surface area contributed by atoms with Crippen molar-refractivity contribution in [3.05, 3.63) is 48.3 Å². The Balaban J connectivity index is 1.70. The van der Waals surface area contributed by atoms with Crippen LogP contribution in [0, 0.1) is 5.92 Å². The maximum Gasteiger partial charge on any atom is 0.234 e. The quantitative estimate of drug-likeness (QED) is 0.323. The highest BCUT2D eigenvalue weighted by atomic mass is 32.2. The second kappa shape index (κ2) is 13.0. The topological polar surface area (TPSA) is 117 Å². The molecule has 2 aromatic carbocycles. The molecule has 0 saturated heterocycles. The van der Waals surface area contributed by atoms with Crippen molar-refractivity contribution in [2.24, 2.45) is 5.92 Å². The minimum atomic E-state index is -0.368. The lowest BCUT2D eigenvalue weighted by molar-refractivity contribution is -0.114. The van der Waals surface area contributed by atoms with Gasteiger partial charge in [0.25, 0.3) is 0 Å². The van der Waals surface area contributed by atoms with Gasteiger partial charge in [-0.05, 0) is 43.2 Å². The zero-order valence-corrected chi connectivity index (χ0v) is 22.7. The Bertz CT molecular complexity index is 1230. The van der Waals surface area contributed by atoms with Gasteiger partial charge in [-0.2, -0.15) is 0 Å². The fourth-order valence-corrected chi connectivity index (χ4v) is 4.33. The molecular formula is C26H33N5O5S. The van der Waals surface area contributed by atoms with Crippen LogP contribution in [0.2, 0.25) is 0 Å². The lowest BCUT2D eigenvalue weighted by Gasteiger charge is -2.18. The first-order valence-electron chi connectivity index (χ1n) is 11.8. The van der Waals surface area contributed by atoms with Gasteiger partial charge in [-0.15, -0.1) is 10.2 Å². The molecule has 0 fully saturated rings. The molecule has 0 radical (unpaired) electrons. The molecule has 1 heterocycles. The summed E-state index contributed by atoms with van der Waals surface area (Å²) in [6.07, 6.45) is -0.368. The van der Waals surface area contributed by atoms with Crippen molar-refractivity contribution in [1.29, 1.82) is 0 Å². The van der Waals surface area contributed by atoms with Crippen LogP contribution in [0.1, 0.15) is 39.6 Å². The van der Waals surface area contributed by atoms with Crippen LogP contribution in [0.3, 0.4) is 0 Å². The molecule has 1 aromatic heterocycles. The number of hydrogen-bond donors (Lipinski definition) is 2. The maximum atomic E-state index is 12.7. The van der Waals surface area contributed by atoms with E-state index in [1.165, 1.54) is 25.8 Å². The van der Waals surface area contributed by atoms with Crippen molar-refractivity contribution in [1.82, 2.24) is 14.8 Å². The van der Waals surface area contributed by atoms with Crippen molar-refractivity contribution in [2.75, 3.05) is 30.6 Å². The van der Waals surface area contributed by atoms with Gasteiger partial charge in [-0.25, -0.2) is 0 Å². The summed E-state index contributed by atoms with van der Waals surface area (Å²) in [6, 6.07) is 12.4. The van der Waals surface area contributed by atoms with Crippen molar-refractivity contribution < 1.29 is 23.8 Å². The lowest BCUT2D eigenvalue weighted by atomic mass is 10.2. The van der Waals surface area contributed by atoms with Crippen LogP contribution >= 0.6 is 11.8 Å². The van der Waals surface area contributed by atoms with E-state index >= 15 is 0 Å². The van der Waals surface area contributed by atoms with Gasteiger partial charge in [0.1, 0.15) is 17.2 Å². The summed E-state index contributed by atoms with van der Waals surface area (Å²) >= 11 is 1.30. The average Bonchev–Trinajstić information content (AvgIpc) is 3.24. The number of anilines is 2. The van der Waals surface area contributed by atoms with Gasteiger partial charge in [-0.1, -0.05) is 31.7 Å². The van der Waals surface area contributed by atoms with Gasteiger partial charge in [0.15, 0.2) is 17.1 Å². The molecule has 2 amide bonds. The molecule has 0 bridgehead atoms. The van der Waals surface area contributed by atoms with Crippen molar-refractivity contribution in [3.63, 3.8) is 0 Å². The number of rotatable bonds is 12. The van der Waals surface area contributed by atoms with Crippen molar-refractivity contribution in [2.45, 2.75) is 45.5 Å². The number of methoxy groups -OCH3 is 2. The largest absolute Gasteiger partial charge is 0.497 e.